The van der Waals surface area contributed by atoms with Gasteiger partial charge in [0, 0.05) is 18.0 Å². The molecule has 0 aliphatic carbocycles. The Bertz CT molecular complexity index is 565. The maximum atomic E-state index is 6.04. The number of rotatable bonds is 7. The van der Waals surface area contributed by atoms with E-state index in [9.17, 15) is 0 Å². The lowest BCUT2D eigenvalue weighted by molar-refractivity contribution is 0.439. The van der Waals surface area contributed by atoms with E-state index in [1.807, 2.05) is 22.9 Å². The van der Waals surface area contributed by atoms with Gasteiger partial charge in [0.1, 0.15) is 12.2 Å². The molecule has 2 aromatic rings. The number of hydrogen-bond acceptors (Lipinski definition) is 3. The van der Waals surface area contributed by atoms with Crippen LogP contribution in [0.4, 0.5) is 0 Å². The van der Waals surface area contributed by atoms with Gasteiger partial charge in [-0.05, 0) is 42.5 Å². The number of aromatic nitrogens is 3. The Morgan fingerprint density at radius 3 is 2.76 bits per heavy atom. The van der Waals surface area contributed by atoms with Crippen LogP contribution in [0.3, 0.4) is 0 Å². The minimum absolute atomic E-state index is 0.346. The van der Waals surface area contributed by atoms with Gasteiger partial charge < -0.3 is 5.73 Å². The first-order valence-electron chi connectivity index (χ1n) is 7.39. The smallest absolute Gasteiger partial charge is 0.138 e. The highest BCUT2D eigenvalue weighted by molar-refractivity contribution is 6.30. The SMILES string of the molecule is CC(C)Cn1ncnc1CC(CN)Cc1cccc(Cl)c1. The third-order valence-electron chi connectivity index (χ3n) is 3.45. The Kier molecular flexibility index (Phi) is 5.76. The predicted octanol–water partition coefficient (Wildman–Crippen LogP) is 2.95. The van der Waals surface area contributed by atoms with Crippen LogP contribution in [0.5, 0.6) is 0 Å². The molecular weight excluding hydrogens is 284 g/mol. The van der Waals surface area contributed by atoms with Gasteiger partial charge >= 0.3 is 0 Å². The van der Waals surface area contributed by atoms with Crippen molar-refractivity contribution >= 4 is 11.6 Å². The first-order chi connectivity index (χ1) is 10.1. The maximum absolute atomic E-state index is 6.04. The van der Waals surface area contributed by atoms with Crippen LogP contribution in [0, 0.1) is 11.8 Å². The highest BCUT2D eigenvalue weighted by atomic mass is 35.5. The van der Waals surface area contributed by atoms with Crippen molar-refractivity contribution in [3.05, 3.63) is 47.0 Å². The van der Waals surface area contributed by atoms with E-state index >= 15 is 0 Å². The highest BCUT2D eigenvalue weighted by Gasteiger charge is 2.14. The largest absolute Gasteiger partial charge is 0.330 e. The summed E-state index contributed by atoms with van der Waals surface area (Å²) in [6, 6.07) is 7.96. The van der Waals surface area contributed by atoms with Gasteiger partial charge in [-0.2, -0.15) is 5.10 Å². The molecule has 1 unspecified atom stereocenters. The van der Waals surface area contributed by atoms with Crippen molar-refractivity contribution < 1.29 is 0 Å². The van der Waals surface area contributed by atoms with Crippen LogP contribution in [0.25, 0.3) is 0 Å². The minimum atomic E-state index is 0.346. The summed E-state index contributed by atoms with van der Waals surface area (Å²) < 4.78 is 1.99. The average Bonchev–Trinajstić information content (AvgIpc) is 2.84. The Morgan fingerprint density at radius 2 is 2.10 bits per heavy atom. The van der Waals surface area contributed by atoms with E-state index in [-0.39, 0.29) is 0 Å². The number of hydrogen-bond donors (Lipinski definition) is 1. The van der Waals surface area contributed by atoms with Crippen LogP contribution in [-0.2, 0) is 19.4 Å². The highest BCUT2D eigenvalue weighted by Crippen LogP contribution is 2.17. The van der Waals surface area contributed by atoms with E-state index in [0.29, 0.717) is 18.4 Å². The minimum Gasteiger partial charge on any atom is -0.330 e. The number of nitrogens with zero attached hydrogens (tertiary/aromatic N) is 3. The first kappa shape index (κ1) is 16.0. The van der Waals surface area contributed by atoms with Crippen molar-refractivity contribution in [2.24, 2.45) is 17.6 Å². The molecule has 1 heterocycles. The zero-order valence-corrected chi connectivity index (χ0v) is 13.4. The van der Waals surface area contributed by atoms with E-state index in [2.05, 4.69) is 30.0 Å². The molecule has 0 aliphatic heterocycles. The van der Waals surface area contributed by atoms with Crippen LogP contribution in [-0.4, -0.2) is 21.3 Å². The molecule has 0 fully saturated rings. The third kappa shape index (κ3) is 4.83. The Morgan fingerprint density at radius 1 is 1.29 bits per heavy atom. The topological polar surface area (TPSA) is 56.7 Å². The summed E-state index contributed by atoms with van der Waals surface area (Å²) in [6.45, 7) is 5.88. The molecule has 2 N–H and O–H groups in total. The molecule has 0 aliphatic rings. The monoisotopic (exact) mass is 306 g/mol. The Hall–Kier alpha value is -1.39. The summed E-state index contributed by atoms with van der Waals surface area (Å²) in [7, 11) is 0. The molecule has 0 radical (unpaired) electrons. The van der Waals surface area contributed by atoms with E-state index < -0.39 is 0 Å². The number of halogens is 1. The predicted molar refractivity (Wildman–Crippen MR) is 86.3 cm³/mol. The molecule has 1 atom stereocenters. The van der Waals surface area contributed by atoms with Gasteiger partial charge in [-0.1, -0.05) is 37.6 Å². The van der Waals surface area contributed by atoms with E-state index in [1.54, 1.807) is 6.33 Å². The molecule has 0 saturated heterocycles. The standard InChI is InChI=1S/C16H23ClN4/c1-12(2)10-21-16(19-11-20-21)8-14(9-18)6-13-4-3-5-15(17)7-13/h3-5,7,11-12,14H,6,8-10,18H2,1-2H3. The maximum Gasteiger partial charge on any atom is 0.138 e. The van der Waals surface area contributed by atoms with Crippen LogP contribution in [0.2, 0.25) is 5.02 Å². The quantitative estimate of drug-likeness (QED) is 0.855. The molecule has 0 bridgehead atoms. The fourth-order valence-electron chi connectivity index (χ4n) is 2.44. The zero-order chi connectivity index (χ0) is 15.2. The second kappa shape index (κ2) is 7.57. The molecule has 114 valence electrons. The van der Waals surface area contributed by atoms with E-state index in [0.717, 1.165) is 30.2 Å². The molecule has 2 rings (SSSR count). The summed E-state index contributed by atoms with van der Waals surface area (Å²) in [5, 5.41) is 5.08. The van der Waals surface area contributed by atoms with Crippen molar-refractivity contribution in [1.29, 1.82) is 0 Å². The first-order valence-corrected chi connectivity index (χ1v) is 7.77. The summed E-state index contributed by atoms with van der Waals surface area (Å²) in [4.78, 5) is 4.39. The molecule has 5 heteroatoms. The summed E-state index contributed by atoms with van der Waals surface area (Å²) in [6.07, 6.45) is 3.38. The zero-order valence-electron chi connectivity index (χ0n) is 12.7. The van der Waals surface area contributed by atoms with Crippen LogP contribution < -0.4 is 5.73 Å². The van der Waals surface area contributed by atoms with Gasteiger partial charge in [0.25, 0.3) is 0 Å². The molecule has 21 heavy (non-hydrogen) atoms. The van der Waals surface area contributed by atoms with Gasteiger partial charge in [-0.25, -0.2) is 9.67 Å². The molecular formula is C16H23ClN4. The molecule has 0 spiro atoms. The molecule has 1 aromatic carbocycles. The van der Waals surface area contributed by atoms with Gasteiger partial charge in [0.15, 0.2) is 0 Å². The Labute approximate surface area is 131 Å². The summed E-state index contributed by atoms with van der Waals surface area (Å²) in [5.74, 6) is 1.91. The van der Waals surface area contributed by atoms with Crippen LogP contribution in [0.15, 0.2) is 30.6 Å². The Balaban J connectivity index is 2.04. The van der Waals surface area contributed by atoms with Crippen LogP contribution in [0.1, 0.15) is 25.2 Å². The van der Waals surface area contributed by atoms with Crippen LogP contribution >= 0.6 is 11.6 Å². The van der Waals surface area contributed by atoms with Crippen molar-refractivity contribution in [2.75, 3.05) is 6.54 Å². The molecule has 1 aromatic heterocycles. The molecule has 0 saturated carbocycles. The normalized spacial score (nSPS) is 12.8. The van der Waals surface area contributed by atoms with Crippen molar-refractivity contribution in [1.82, 2.24) is 14.8 Å². The van der Waals surface area contributed by atoms with Gasteiger partial charge in [0.2, 0.25) is 0 Å². The second-order valence-electron chi connectivity index (χ2n) is 5.89. The lowest BCUT2D eigenvalue weighted by atomic mass is 9.96. The average molecular weight is 307 g/mol. The van der Waals surface area contributed by atoms with Crippen molar-refractivity contribution in [2.45, 2.75) is 33.2 Å². The molecule has 4 nitrogen and oxygen atoms in total. The third-order valence-corrected chi connectivity index (χ3v) is 3.69. The van der Waals surface area contributed by atoms with Gasteiger partial charge in [0.05, 0.1) is 0 Å². The fourth-order valence-corrected chi connectivity index (χ4v) is 2.65. The fraction of sp³-hybridized carbons (Fsp3) is 0.500. The van der Waals surface area contributed by atoms with Crippen molar-refractivity contribution in [3.8, 4) is 0 Å². The number of benzene rings is 1. The molecule has 0 amide bonds. The summed E-state index contributed by atoms with van der Waals surface area (Å²) >= 11 is 6.04. The van der Waals surface area contributed by atoms with Gasteiger partial charge in [-0.3, -0.25) is 0 Å². The van der Waals surface area contributed by atoms with Gasteiger partial charge in [-0.15, -0.1) is 0 Å². The van der Waals surface area contributed by atoms with E-state index in [4.69, 9.17) is 17.3 Å². The lowest BCUT2D eigenvalue weighted by Gasteiger charge is -2.16. The lowest BCUT2D eigenvalue weighted by Crippen LogP contribution is -2.22. The van der Waals surface area contributed by atoms with E-state index in [1.165, 1.54) is 5.56 Å². The van der Waals surface area contributed by atoms with Crippen molar-refractivity contribution in [3.63, 3.8) is 0 Å². The second-order valence-corrected chi connectivity index (χ2v) is 6.33. The summed E-state index contributed by atoms with van der Waals surface area (Å²) in [5.41, 5.74) is 7.15. The number of nitrogens with two attached hydrogens (primary N) is 1.